The lowest BCUT2D eigenvalue weighted by Crippen LogP contribution is -2.47. The Kier molecular flexibility index (Phi) is 4.62. The fraction of sp³-hybridized carbons (Fsp3) is 0.500. The molecular formula is C4F8O5S. The van der Waals surface area contributed by atoms with E-state index in [4.69, 9.17) is 0 Å². The molecule has 18 heavy (non-hydrogen) atoms. The van der Waals surface area contributed by atoms with Crippen molar-refractivity contribution in [3.8, 4) is 0 Å². The average molecular weight is 312 g/mol. The van der Waals surface area contributed by atoms with E-state index in [9.17, 15) is 43.4 Å². The number of rotatable bonds is 6. The van der Waals surface area contributed by atoms with Crippen molar-refractivity contribution in [1.82, 2.24) is 0 Å². The van der Waals surface area contributed by atoms with Gasteiger partial charge in [-0.15, -0.1) is 0 Å². The monoisotopic (exact) mass is 312 g/mol. The van der Waals surface area contributed by atoms with Crippen LogP contribution >= 0.6 is 0 Å². The second-order valence-corrected chi connectivity index (χ2v) is 3.77. The predicted octanol–water partition coefficient (Wildman–Crippen LogP) is 2.39. The van der Waals surface area contributed by atoms with Crippen LogP contribution in [0.15, 0.2) is 11.7 Å². The number of halogens is 8. The van der Waals surface area contributed by atoms with Crippen LogP contribution in [-0.2, 0) is 25.0 Å². The van der Waals surface area contributed by atoms with Gasteiger partial charge in [0.05, 0.1) is 0 Å². The third-order valence-electron chi connectivity index (χ3n) is 1.36. The van der Waals surface area contributed by atoms with Crippen molar-refractivity contribution in [1.29, 1.82) is 0 Å². The number of hydrogen-bond acceptors (Lipinski definition) is 5. The van der Waals surface area contributed by atoms with E-state index in [0.717, 1.165) is 0 Å². The second-order valence-electron chi connectivity index (χ2n) is 2.38. The lowest BCUT2D eigenvalue weighted by molar-refractivity contribution is -0.262. The van der Waals surface area contributed by atoms with Gasteiger partial charge in [0, 0.05) is 13.6 Å². The number of allylic oxidation sites excluding steroid dienone is 1. The molecule has 0 aromatic heterocycles. The average Bonchev–Trinajstić information content (AvgIpc) is 2.23. The number of hydrogen-bond donors (Lipinski definition) is 0. The van der Waals surface area contributed by atoms with Gasteiger partial charge in [-0.1, -0.05) is 3.89 Å². The van der Waals surface area contributed by atoms with Crippen molar-refractivity contribution >= 4 is 10.2 Å². The molecule has 0 radical (unpaired) electrons. The molecule has 0 aromatic rings. The Hall–Kier alpha value is -1.47. The van der Waals surface area contributed by atoms with Gasteiger partial charge in [0.25, 0.3) is 0 Å². The van der Waals surface area contributed by atoms with Crippen LogP contribution in [0.4, 0.5) is 35.0 Å². The fourth-order valence-electron chi connectivity index (χ4n) is 0.575. The van der Waals surface area contributed by atoms with Gasteiger partial charge in [-0.25, -0.2) is 9.88 Å². The summed E-state index contributed by atoms with van der Waals surface area (Å²) in [5, 5.41) is -6.61. The predicted molar refractivity (Wildman–Crippen MR) is 33.5 cm³/mol. The van der Waals surface area contributed by atoms with Gasteiger partial charge in [0.2, 0.25) is 0 Å². The molecule has 0 amide bonds. The highest BCUT2D eigenvalue weighted by molar-refractivity contribution is 7.87. The molecule has 0 N–H and O–H groups in total. The molecule has 0 aromatic carbocycles. The molecule has 5 nitrogen and oxygen atoms in total. The van der Waals surface area contributed by atoms with Gasteiger partial charge in [-0.2, -0.15) is 26.0 Å². The molecular weight excluding hydrogens is 312 g/mol. The summed E-state index contributed by atoms with van der Waals surface area (Å²) >= 11 is 0. The number of alkyl halides is 4. The molecule has 0 heterocycles. The van der Waals surface area contributed by atoms with Crippen LogP contribution in [0.1, 0.15) is 0 Å². The SMILES string of the molecule is O=S(=O)(F)C(F)(F)C(F)(F)C(OF)=C(OF)OF. The highest BCUT2D eigenvalue weighted by Gasteiger charge is 2.72. The molecule has 0 saturated heterocycles. The minimum atomic E-state index is -7.29. The molecule has 14 heteroatoms. The first-order chi connectivity index (χ1) is 7.97. The Morgan fingerprint density at radius 3 is 1.50 bits per heavy atom. The zero-order valence-electron chi connectivity index (χ0n) is 7.47. The first kappa shape index (κ1) is 16.5. The molecule has 0 atom stereocenters. The van der Waals surface area contributed by atoms with E-state index in [1.165, 1.54) is 0 Å². The van der Waals surface area contributed by atoms with Crippen LogP contribution in [-0.4, -0.2) is 19.6 Å². The van der Waals surface area contributed by atoms with Crippen LogP contribution < -0.4 is 0 Å². The quantitative estimate of drug-likeness (QED) is 0.428. The summed E-state index contributed by atoms with van der Waals surface area (Å²) in [4.78, 5) is 6.00. The summed E-state index contributed by atoms with van der Waals surface area (Å²) in [5.74, 6) is -12.7. The van der Waals surface area contributed by atoms with Gasteiger partial charge < -0.3 is 0 Å². The summed E-state index contributed by atoms with van der Waals surface area (Å²) in [6.45, 7) is 0. The Balaban J connectivity index is 5.98. The van der Waals surface area contributed by atoms with Gasteiger partial charge in [0.15, 0.2) is 0 Å². The van der Waals surface area contributed by atoms with Crippen molar-refractivity contribution in [2.24, 2.45) is 0 Å². The van der Waals surface area contributed by atoms with Gasteiger partial charge in [0.1, 0.15) is 0 Å². The molecule has 108 valence electrons. The van der Waals surface area contributed by atoms with Crippen molar-refractivity contribution < 1.29 is 58.3 Å². The van der Waals surface area contributed by atoms with E-state index in [1.807, 2.05) is 14.8 Å². The molecule has 0 aliphatic carbocycles. The topological polar surface area (TPSA) is 61.8 Å². The second kappa shape index (κ2) is 5.03. The summed E-state index contributed by atoms with van der Waals surface area (Å²) < 4.78 is 116. The lowest BCUT2D eigenvalue weighted by Gasteiger charge is -2.21. The smallest absolute Gasteiger partial charge is 0.284 e. The minimum Gasteiger partial charge on any atom is -0.284 e. The van der Waals surface area contributed by atoms with Crippen LogP contribution in [0.2, 0.25) is 0 Å². The van der Waals surface area contributed by atoms with Gasteiger partial charge >= 0.3 is 33.1 Å². The maximum atomic E-state index is 12.7. The van der Waals surface area contributed by atoms with E-state index in [2.05, 4.69) is 0 Å². The highest BCUT2D eigenvalue weighted by Crippen LogP contribution is 2.46. The van der Waals surface area contributed by atoms with Crippen LogP contribution in [0.25, 0.3) is 0 Å². The first-order valence-electron chi connectivity index (χ1n) is 3.27. The van der Waals surface area contributed by atoms with E-state index >= 15 is 0 Å². The third kappa shape index (κ3) is 2.51. The van der Waals surface area contributed by atoms with Crippen molar-refractivity contribution in [2.45, 2.75) is 11.2 Å². The van der Waals surface area contributed by atoms with Crippen molar-refractivity contribution in [3.63, 3.8) is 0 Å². The molecule has 0 aliphatic rings. The fourth-order valence-corrected chi connectivity index (χ4v) is 0.974. The summed E-state index contributed by atoms with van der Waals surface area (Å²) in [6, 6.07) is 0. The molecule has 0 rings (SSSR count). The van der Waals surface area contributed by atoms with Gasteiger partial charge in [-0.3, -0.25) is 4.94 Å². The van der Waals surface area contributed by atoms with Crippen LogP contribution in [0, 0.1) is 0 Å². The third-order valence-corrected chi connectivity index (χ3v) is 2.23. The molecule has 0 saturated carbocycles. The minimum absolute atomic E-state index is 1.93. The standard InChI is InChI=1S/C4F8O5S/c5-3(6,4(7,8)18(12,13)14)1(15-9)2(16-10)17-11. The van der Waals surface area contributed by atoms with E-state index in [1.54, 1.807) is 0 Å². The van der Waals surface area contributed by atoms with Crippen molar-refractivity contribution in [3.05, 3.63) is 11.7 Å². The van der Waals surface area contributed by atoms with Crippen LogP contribution in [0.3, 0.4) is 0 Å². The zero-order valence-corrected chi connectivity index (χ0v) is 8.29. The van der Waals surface area contributed by atoms with Crippen molar-refractivity contribution in [2.75, 3.05) is 0 Å². The lowest BCUT2D eigenvalue weighted by atomic mass is 10.3. The Labute approximate surface area is 92.4 Å². The molecule has 0 fully saturated rings. The highest BCUT2D eigenvalue weighted by atomic mass is 32.3. The van der Waals surface area contributed by atoms with E-state index in [0.29, 0.717) is 0 Å². The van der Waals surface area contributed by atoms with E-state index in [-0.39, 0.29) is 0 Å². The van der Waals surface area contributed by atoms with E-state index < -0.39 is 33.1 Å². The summed E-state index contributed by atoms with van der Waals surface area (Å²) in [5.41, 5.74) is 0. The first-order valence-corrected chi connectivity index (χ1v) is 4.66. The Bertz CT molecular complexity index is 423. The normalized spacial score (nSPS) is 12.9. The molecule has 0 bridgehead atoms. The molecule has 0 spiro atoms. The van der Waals surface area contributed by atoms with Crippen LogP contribution in [0.5, 0.6) is 0 Å². The summed E-state index contributed by atoms with van der Waals surface area (Å²) in [6.07, 6.45) is 0. The summed E-state index contributed by atoms with van der Waals surface area (Å²) in [7, 11) is -7.29. The maximum Gasteiger partial charge on any atom is 0.444 e. The molecule has 0 unspecified atom stereocenters. The Morgan fingerprint density at radius 2 is 1.28 bits per heavy atom. The largest absolute Gasteiger partial charge is 0.444 e. The zero-order chi connectivity index (χ0) is 14.8. The maximum absolute atomic E-state index is 12.7. The Morgan fingerprint density at radius 1 is 0.889 bits per heavy atom. The van der Waals surface area contributed by atoms with Gasteiger partial charge in [-0.05, 0) is 0 Å². The molecule has 0 aliphatic heterocycles.